The van der Waals surface area contributed by atoms with Crippen molar-refractivity contribution in [1.29, 1.82) is 0 Å². The number of nitrogens with zero attached hydrogens (tertiary/aromatic N) is 3. The highest BCUT2D eigenvalue weighted by Gasteiger charge is 2.37. The van der Waals surface area contributed by atoms with Gasteiger partial charge in [-0.3, -0.25) is 24.1 Å². The standard InChI is InChI=1S/C20H13ClF5N3O3/c1-9-6-27-13(10(2)30)4-15(9)29-17(20(24,25)26)5-16(18(21)19(29)31)32-8-14-12(23)3-11(22)7-28-14/h3-7H,8H2,1-2H3. The van der Waals surface area contributed by atoms with Crippen LogP contribution in [0, 0.1) is 18.6 Å². The van der Waals surface area contributed by atoms with E-state index in [2.05, 4.69) is 9.97 Å². The first kappa shape index (κ1) is 23.3. The molecule has 0 spiro atoms. The van der Waals surface area contributed by atoms with Crippen LogP contribution in [0.25, 0.3) is 5.69 Å². The third kappa shape index (κ3) is 4.62. The minimum absolute atomic E-state index is 0.153. The molecule has 3 aromatic heterocycles. The molecule has 0 unspecified atom stereocenters. The molecule has 0 bridgehead atoms. The summed E-state index contributed by atoms with van der Waals surface area (Å²) in [7, 11) is 0. The van der Waals surface area contributed by atoms with Crippen molar-refractivity contribution >= 4 is 17.4 Å². The monoisotopic (exact) mass is 473 g/mol. The van der Waals surface area contributed by atoms with Gasteiger partial charge < -0.3 is 4.74 Å². The van der Waals surface area contributed by atoms with Crippen molar-refractivity contribution in [2.45, 2.75) is 26.6 Å². The van der Waals surface area contributed by atoms with Gasteiger partial charge in [0.2, 0.25) is 0 Å². The highest BCUT2D eigenvalue weighted by molar-refractivity contribution is 6.31. The van der Waals surface area contributed by atoms with Gasteiger partial charge in [-0.15, -0.1) is 0 Å². The van der Waals surface area contributed by atoms with Crippen molar-refractivity contribution < 1.29 is 31.5 Å². The maximum Gasteiger partial charge on any atom is 0.432 e. The number of alkyl halides is 3. The van der Waals surface area contributed by atoms with Gasteiger partial charge >= 0.3 is 6.18 Å². The summed E-state index contributed by atoms with van der Waals surface area (Å²) in [6.07, 6.45) is -3.19. The first-order valence-corrected chi connectivity index (χ1v) is 9.21. The zero-order chi connectivity index (χ0) is 23.8. The lowest BCUT2D eigenvalue weighted by Crippen LogP contribution is -2.28. The number of aromatic nitrogens is 3. The van der Waals surface area contributed by atoms with Gasteiger partial charge in [0, 0.05) is 25.3 Å². The van der Waals surface area contributed by atoms with Gasteiger partial charge in [-0.2, -0.15) is 13.2 Å². The van der Waals surface area contributed by atoms with E-state index >= 15 is 0 Å². The number of carbonyl (C=O) groups excluding carboxylic acids is 1. The minimum Gasteiger partial charge on any atom is -0.485 e. The summed E-state index contributed by atoms with van der Waals surface area (Å²) in [6.45, 7) is 1.86. The molecule has 0 aliphatic heterocycles. The Hall–Kier alpha value is -3.34. The summed E-state index contributed by atoms with van der Waals surface area (Å²) in [5.74, 6) is -3.24. The largest absolute Gasteiger partial charge is 0.485 e. The molecule has 0 radical (unpaired) electrons. The maximum atomic E-state index is 13.8. The van der Waals surface area contributed by atoms with Gasteiger partial charge in [-0.05, 0) is 18.6 Å². The van der Waals surface area contributed by atoms with Crippen LogP contribution in [0.4, 0.5) is 22.0 Å². The molecule has 3 aromatic rings. The summed E-state index contributed by atoms with van der Waals surface area (Å²) in [6, 6.07) is 2.03. The van der Waals surface area contributed by atoms with Crippen LogP contribution in [0.3, 0.4) is 0 Å². The molecule has 3 rings (SSSR count). The molecule has 0 N–H and O–H groups in total. The third-order valence-electron chi connectivity index (χ3n) is 4.33. The van der Waals surface area contributed by atoms with E-state index in [1.807, 2.05) is 0 Å². The molecule has 0 saturated heterocycles. The van der Waals surface area contributed by atoms with Crippen molar-refractivity contribution in [2.24, 2.45) is 0 Å². The maximum absolute atomic E-state index is 13.8. The predicted octanol–water partition coefficient (Wildman–Crippen LogP) is 4.67. The SMILES string of the molecule is CC(=O)c1cc(-n2c(C(F)(F)F)cc(OCc3ncc(F)cc3F)c(Cl)c2=O)c(C)cn1. The molecule has 0 fully saturated rings. The molecule has 0 aliphatic rings. The molecule has 32 heavy (non-hydrogen) atoms. The number of rotatable bonds is 5. The second kappa shape index (κ2) is 8.65. The number of aryl methyl sites for hydroxylation is 1. The number of pyridine rings is 3. The van der Waals surface area contributed by atoms with E-state index in [1.54, 1.807) is 0 Å². The van der Waals surface area contributed by atoms with Crippen LogP contribution in [0.2, 0.25) is 5.02 Å². The van der Waals surface area contributed by atoms with E-state index in [1.165, 1.54) is 13.8 Å². The molecule has 0 atom stereocenters. The van der Waals surface area contributed by atoms with E-state index in [0.717, 1.165) is 12.3 Å². The van der Waals surface area contributed by atoms with E-state index < -0.39 is 57.9 Å². The van der Waals surface area contributed by atoms with Crippen molar-refractivity contribution in [3.8, 4) is 11.4 Å². The van der Waals surface area contributed by atoms with Gasteiger partial charge in [0.25, 0.3) is 5.56 Å². The Morgan fingerprint density at radius 2 is 1.84 bits per heavy atom. The molecule has 12 heteroatoms. The van der Waals surface area contributed by atoms with Gasteiger partial charge in [-0.1, -0.05) is 11.6 Å². The van der Waals surface area contributed by atoms with Gasteiger partial charge in [0.15, 0.2) is 11.6 Å². The van der Waals surface area contributed by atoms with Gasteiger partial charge in [-0.25, -0.2) is 8.78 Å². The Bertz CT molecular complexity index is 1270. The third-order valence-corrected chi connectivity index (χ3v) is 4.68. The summed E-state index contributed by atoms with van der Waals surface area (Å²) in [5, 5.41) is -0.721. The number of ketones is 1. The quantitative estimate of drug-likeness (QED) is 0.398. The van der Waals surface area contributed by atoms with Crippen molar-refractivity contribution in [3.05, 3.63) is 80.2 Å². The molecule has 0 aliphatic carbocycles. The molecule has 0 saturated carbocycles. The fourth-order valence-electron chi connectivity index (χ4n) is 2.76. The molecule has 0 amide bonds. The second-order valence-corrected chi connectivity index (χ2v) is 7.01. The van der Waals surface area contributed by atoms with Crippen molar-refractivity contribution in [2.75, 3.05) is 0 Å². The molecule has 6 nitrogen and oxygen atoms in total. The Kier molecular flexibility index (Phi) is 6.31. The van der Waals surface area contributed by atoms with Crippen LogP contribution in [0.5, 0.6) is 5.75 Å². The number of halogens is 6. The number of Topliss-reactive ketones (excluding diaryl/α,β-unsaturated/α-hetero) is 1. The van der Waals surface area contributed by atoms with Crippen LogP contribution in [0.15, 0.2) is 35.4 Å². The number of hydrogen-bond acceptors (Lipinski definition) is 5. The van der Waals surface area contributed by atoms with E-state index in [-0.39, 0.29) is 16.9 Å². The Morgan fingerprint density at radius 3 is 2.44 bits per heavy atom. The van der Waals surface area contributed by atoms with Crippen LogP contribution >= 0.6 is 11.6 Å². The first-order valence-electron chi connectivity index (χ1n) is 8.83. The van der Waals surface area contributed by atoms with Crippen LogP contribution < -0.4 is 10.3 Å². The lowest BCUT2D eigenvalue weighted by Gasteiger charge is -2.19. The zero-order valence-electron chi connectivity index (χ0n) is 16.4. The lowest BCUT2D eigenvalue weighted by atomic mass is 10.1. The van der Waals surface area contributed by atoms with Gasteiger partial charge in [0.05, 0.1) is 11.9 Å². The van der Waals surface area contributed by atoms with Gasteiger partial charge in [0.1, 0.15) is 40.3 Å². The molecule has 168 valence electrons. The Balaban J connectivity index is 2.15. The summed E-state index contributed by atoms with van der Waals surface area (Å²) in [5.41, 5.74) is -3.37. The summed E-state index contributed by atoms with van der Waals surface area (Å²) in [4.78, 5) is 31.7. The molecular weight excluding hydrogens is 461 g/mol. The predicted molar refractivity (Wildman–Crippen MR) is 103 cm³/mol. The Labute approximate surface area is 182 Å². The van der Waals surface area contributed by atoms with Crippen LogP contribution in [-0.4, -0.2) is 20.3 Å². The Morgan fingerprint density at radius 1 is 1.16 bits per heavy atom. The average Bonchev–Trinajstić information content (AvgIpc) is 2.69. The highest BCUT2D eigenvalue weighted by atomic mass is 35.5. The fourth-order valence-corrected chi connectivity index (χ4v) is 2.95. The minimum atomic E-state index is -5.03. The van der Waals surface area contributed by atoms with E-state index in [9.17, 15) is 31.5 Å². The first-order chi connectivity index (χ1) is 14.9. The average molecular weight is 474 g/mol. The van der Waals surface area contributed by atoms with Crippen LogP contribution in [0.1, 0.15) is 34.4 Å². The van der Waals surface area contributed by atoms with E-state index in [0.29, 0.717) is 22.9 Å². The number of carbonyl (C=O) groups is 1. The number of hydrogen-bond donors (Lipinski definition) is 0. The van der Waals surface area contributed by atoms with Crippen molar-refractivity contribution in [3.63, 3.8) is 0 Å². The molecule has 3 heterocycles. The zero-order valence-corrected chi connectivity index (χ0v) is 17.2. The molecular formula is C20H13ClF5N3O3. The van der Waals surface area contributed by atoms with Crippen molar-refractivity contribution in [1.82, 2.24) is 14.5 Å². The number of ether oxygens (including phenoxy) is 1. The summed E-state index contributed by atoms with van der Waals surface area (Å²) >= 11 is 5.97. The highest BCUT2D eigenvalue weighted by Crippen LogP contribution is 2.35. The summed E-state index contributed by atoms with van der Waals surface area (Å²) < 4.78 is 73.6. The van der Waals surface area contributed by atoms with Crippen LogP contribution in [-0.2, 0) is 12.8 Å². The topological polar surface area (TPSA) is 74.1 Å². The van der Waals surface area contributed by atoms with E-state index in [4.69, 9.17) is 16.3 Å². The molecule has 0 aromatic carbocycles. The normalized spacial score (nSPS) is 11.5. The second-order valence-electron chi connectivity index (χ2n) is 6.63. The lowest BCUT2D eigenvalue weighted by molar-refractivity contribution is -0.143. The fraction of sp³-hybridized carbons (Fsp3) is 0.200. The smallest absolute Gasteiger partial charge is 0.432 e.